The van der Waals surface area contributed by atoms with Crippen LogP contribution in [0.3, 0.4) is 0 Å². The van der Waals surface area contributed by atoms with E-state index >= 15 is 0 Å². The van der Waals surface area contributed by atoms with E-state index < -0.39 is 15.9 Å². The number of hydrogen-bond acceptors (Lipinski definition) is 5. The van der Waals surface area contributed by atoms with Crippen LogP contribution in [0.5, 0.6) is 11.5 Å². The molecule has 0 unspecified atom stereocenters. The molecule has 0 saturated heterocycles. The maximum atomic E-state index is 12.9. The van der Waals surface area contributed by atoms with Crippen molar-refractivity contribution in [3.63, 3.8) is 0 Å². The highest BCUT2D eigenvalue weighted by atomic mass is 32.2. The molecule has 0 radical (unpaired) electrons. The zero-order valence-electron chi connectivity index (χ0n) is 19.9. The summed E-state index contributed by atoms with van der Waals surface area (Å²) in [5.41, 5.74) is 3.34. The van der Waals surface area contributed by atoms with Gasteiger partial charge >= 0.3 is 0 Å². The lowest BCUT2D eigenvalue weighted by atomic mass is 9.93. The number of para-hydroxylation sites is 2. The molecule has 0 aliphatic heterocycles. The Kier molecular flexibility index (Phi) is 8.55. The zero-order chi connectivity index (χ0) is 24.1. The van der Waals surface area contributed by atoms with Gasteiger partial charge in [-0.2, -0.15) is 0 Å². The van der Waals surface area contributed by atoms with Gasteiger partial charge in [-0.1, -0.05) is 26.0 Å². The normalized spacial score (nSPS) is 12.4. The van der Waals surface area contributed by atoms with Crippen LogP contribution in [-0.4, -0.2) is 40.8 Å². The van der Waals surface area contributed by atoms with Crippen LogP contribution in [0.15, 0.2) is 36.4 Å². The fraction of sp³-hybridized carbons (Fsp3) is 0.458. The number of nitrogens with zero attached hydrogens (tertiary/aromatic N) is 1. The SMILES string of the molecule is CCOc1ccccc1N(CC(=O)N[C@@H](C)c1cc(C(C)C)c(OC)cc1C)S(C)(=O)=O. The summed E-state index contributed by atoms with van der Waals surface area (Å²) in [4.78, 5) is 12.9. The third-order valence-electron chi connectivity index (χ3n) is 5.21. The number of methoxy groups -OCH3 is 1. The predicted octanol–water partition coefficient (Wildman–Crippen LogP) is 4.17. The lowest BCUT2D eigenvalue weighted by Crippen LogP contribution is -2.41. The Morgan fingerprint density at radius 1 is 1.09 bits per heavy atom. The first kappa shape index (κ1) is 25.5. The molecular formula is C24H34N2O5S. The Morgan fingerprint density at radius 3 is 2.31 bits per heavy atom. The Labute approximate surface area is 191 Å². The van der Waals surface area contributed by atoms with E-state index in [4.69, 9.17) is 9.47 Å². The lowest BCUT2D eigenvalue weighted by Gasteiger charge is -2.26. The van der Waals surface area contributed by atoms with Crippen molar-refractivity contribution in [3.8, 4) is 11.5 Å². The fourth-order valence-corrected chi connectivity index (χ4v) is 4.49. The molecular weight excluding hydrogens is 428 g/mol. The third kappa shape index (κ3) is 6.16. The second-order valence-electron chi connectivity index (χ2n) is 8.07. The molecule has 7 nitrogen and oxygen atoms in total. The van der Waals surface area contributed by atoms with Crippen molar-refractivity contribution in [1.82, 2.24) is 5.32 Å². The molecule has 0 aliphatic carbocycles. The summed E-state index contributed by atoms with van der Waals surface area (Å²) in [6.07, 6.45) is 1.08. The molecule has 2 aromatic carbocycles. The highest BCUT2D eigenvalue weighted by Gasteiger charge is 2.25. The highest BCUT2D eigenvalue weighted by Crippen LogP contribution is 2.32. The highest BCUT2D eigenvalue weighted by molar-refractivity contribution is 7.92. The van der Waals surface area contributed by atoms with Gasteiger partial charge < -0.3 is 14.8 Å². The lowest BCUT2D eigenvalue weighted by molar-refractivity contribution is -0.120. The largest absolute Gasteiger partial charge is 0.496 e. The average Bonchev–Trinajstić information content (AvgIpc) is 2.71. The number of nitrogens with one attached hydrogen (secondary N) is 1. The number of carbonyl (C=O) groups is 1. The zero-order valence-corrected chi connectivity index (χ0v) is 20.7. The van der Waals surface area contributed by atoms with Crippen LogP contribution in [0.25, 0.3) is 0 Å². The van der Waals surface area contributed by atoms with Gasteiger partial charge in [0, 0.05) is 0 Å². The van der Waals surface area contributed by atoms with Crippen LogP contribution in [0, 0.1) is 6.92 Å². The van der Waals surface area contributed by atoms with Crippen molar-refractivity contribution < 1.29 is 22.7 Å². The summed E-state index contributed by atoms with van der Waals surface area (Å²) in [6, 6.07) is 10.5. The van der Waals surface area contributed by atoms with Crippen LogP contribution in [0.2, 0.25) is 0 Å². The van der Waals surface area contributed by atoms with E-state index in [2.05, 4.69) is 19.2 Å². The molecule has 8 heteroatoms. The Bertz CT molecular complexity index is 1050. The Hall–Kier alpha value is -2.74. The second kappa shape index (κ2) is 10.7. The molecule has 0 aliphatic rings. The van der Waals surface area contributed by atoms with Gasteiger partial charge in [-0.15, -0.1) is 0 Å². The minimum absolute atomic E-state index is 0.253. The minimum atomic E-state index is -3.71. The molecule has 1 amide bonds. The third-order valence-corrected chi connectivity index (χ3v) is 6.33. The van der Waals surface area contributed by atoms with E-state index in [0.717, 1.165) is 33.0 Å². The number of anilines is 1. The van der Waals surface area contributed by atoms with Crippen LogP contribution < -0.4 is 19.1 Å². The number of benzene rings is 2. The number of rotatable bonds is 10. The van der Waals surface area contributed by atoms with Crippen LogP contribution in [0.4, 0.5) is 5.69 Å². The van der Waals surface area contributed by atoms with E-state index in [1.165, 1.54) is 0 Å². The Morgan fingerprint density at radius 2 is 1.75 bits per heavy atom. The maximum Gasteiger partial charge on any atom is 0.241 e. The van der Waals surface area contributed by atoms with Gasteiger partial charge in [0.05, 0.1) is 31.7 Å². The monoisotopic (exact) mass is 462 g/mol. The van der Waals surface area contributed by atoms with E-state index in [-0.39, 0.29) is 18.5 Å². The number of carbonyl (C=O) groups excluding carboxylic acids is 1. The van der Waals surface area contributed by atoms with Crippen LogP contribution >= 0.6 is 0 Å². The summed E-state index contributed by atoms with van der Waals surface area (Å²) >= 11 is 0. The topological polar surface area (TPSA) is 84.9 Å². The van der Waals surface area contributed by atoms with Gasteiger partial charge in [-0.05, 0) is 67.6 Å². The molecule has 2 aromatic rings. The summed E-state index contributed by atoms with van der Waals surface area (Å²) < 4.78 is 37.1. The number of hydrogen-bond donors (Lipinski definition) is 1. The Balaban J connectivity index is 2.29. The van der Waals surface area contributed by atoms with Gasteiger partial charge in [0.15, 0.2) is 0 Å². The molecule has 0 fully saturated rings. The summed E-state index contributed by atoms with van der Waals surface area (Å²) in [5, 5.41) is 2.94. The number of ether oxygens (including phenoxy) is 2. The van der Waals surface area contributed by atoms with E-state index in [9.17, 15) is 13.2 Å². The van der Waals surface area contributed by atoms with Crippen LogP contribution in [0.1, 0.15) is 56.3 Å². The van der Waals surface area contributed by atoms with Gasteiger partial charge in [-0.25, -0.2) is 8.42 Å². The summed E-state index contributed by atoms with van der Waals surface area (Å²) in [5.74, 6) is 1.07. The van der Waals surface area contributed by atoms with E-state index in [1.807, 2.05) is 32.9 Å². The molecule has 0 spiro atoms. The summed E-state index contributed by atoms with van der Waals surface area (Å²) in [6.45, 7) is 9.87. The van der Waals surface area contributed by atoms with Gasteiger partial charge in [0.25, 0.3) is 0 Å². The molecule has 0 bridgehead atoms. The molecule has 2 rings (SSSR count). The minimum Gasteiger partial charge on any atom is -0.496 e. The van der Waals surface area contributed by atoms with E-state index in [0.29, 0.717) is 18.0 Å². The van der Waals surface area contributed by atoms with Crippen molar-refractivity contribution in [3.05, 3.63) is 53.1 Å². The predicted molar refractivity (Wildman–Crippen MR) is 128 cm³/mol. The first-order valence-corrected chi connectivity index (χ1v) is 12.5. The first-order valence-electron chi connectivity index (χ1n) is 10.7. The average molecular weight is 463 g/mol. The van der Waals surface area contributed by atoms with Gasteiger partial charge in [-0.3, -0.25) is 9.10 Å². The van der Waals surface area contributed by atoms with Gasteiger partial charge in [0.1, 0.15) is 18.0 Å². The van der Waals surface area contributed by atoms with Crippen molar-refractivity contribution in [1.29, 1.82) is 0 Å². The molecule has 176 valence electrons. The molecule has 32 heavy (non-hydrogen) atoms. The first-order chi connectivity index (χ1) is 15.0. The molecule has 0 saturated carbocycles. The fourth-order valence-electron chi connectivity index (χ4n) is 3.63. The number of amides is 1. The number of sulfonamides is 1. The summed E-state index contributed by atoms with van der Waals surface area (Å²) in [7, 11) is -2.07. The van der Waals surface area contributed by atoms with Crippen molar-refractivity contribution >= 4 is 21.6 Å². The molecule has 1 atom stereocenters. The quantitative estimate of drug-likeness (QED) is 0.573. The van der Waals surface area contributed by atoms with E-state index in [1.54, 1.807) is 31.4 Å². The standard InChI is InChI=1S/C24H34N2O5S/c1-8-31-22-12-10-9-11-21(22)26(32(7,28)29)15-24(27)25-18(5)20-14-19(16(2)3)23(30-6)13-17(20)4/h9-14,16,18H,8,15H2,1-7H3,(H,25,27)/t18-/m0/s1. The van der Waals surface area contributed by atoms with Crippen molar-refractivity contribution in [2.75, 3.05) is 30.8 Å². The van der Waals surface area contributed by atoms with Crippen molar-refractivity contribution in [2.45, 2.75) is 46.6 Å². The second-order valence-corrected chi connectivity index (χ2v) is 9.97. The molecule has 1 N–H and O–H groups in total. The van der Waals surface area contributed by atoms with Crippen LogP contribution in [-0.2, 0) is 14.8 Å². The van der Waals surface area contributed by atoms with Gasteiger partial charge in [0.2, 0.25) is 15.9 Å². The maximum absolute atomic E-state index is 12.9. The number of aryl methyl sites for hydroxylation is 1. The molecule has 0 heterocycles. The smallest absolute Gasteiger partial charge is 0.241 e. The van der Waals surface area contributed by atoms with Crippen molar-refractivity contribution in [2.24, 2.45) is 0 Å². The molecule has 0 aromatic heterocycles.